The zero-order valence-corrected chi connectivity index (χ0v) is 9.20. The largest absolute Gasteiger partial charge is 0.343 e. The van der Waals surface area contributed by atoms with Crippen LogP contribution in [-0.4, -0.2) is 16.0 Å². The number of nitrogens with two attached hydrogens (primary N) is 1. The van der Waals surface area contributed by atoms with E-state index in [0.717, 1.165) is 17.5 Å². The fraction of sp³-hybridized carbons (Fsp3) is 0.417. The first kappa shape index (κ1) is 10.2. The van der Waals surface area contributed by atoms with Crippen LogP contribution in [0.5, 0.6) is 0 Å². The lowest BCUT2D eigenvalue weighted by Crippen LogP contribution is -2.28. The summed E-state index contributed by atoms with van der Waals surface area (Å²) in [7, 11) is 0. The van der Waals surface area contributed by atoms with Crippen molar-refractivity contribution in [1.29, 1.82) is 0 Å². The SMILES string of the molecule is CC(C)C(N)Cc1cc2cccnc2[nH]1. The lowest BCUT2D eigenvalue weighted by Gasteiger charge is -2.13. The van der Waals surface area contributed by atoms with Crippen LogP contribution in [0.3, 0.4) is 0 Å². The van der Waals surface area contributed by atoms with Gasteiger partial charge in [0.2, 0.25) is 0 Å². The summed E-state index contributed by atoms with van der Waals surface area (Å²) < 4.78 is 0. The summed E-state index contributed by atoms with van der Waals surface area (Å²) in [5.41, 5.74) is 8.15. The maximum absolute atomic E-state index is 6.03. The van der Waals surface area contributed by atoms with Gasteiger partial charge in [0.25, 0.3) is 0 Å². The molecule has 3 heteroatoms. The summed E-state index contributed by atoms with van der Waals surface area (Å²) in [6, 6.07) is 6.34. The molecule has 1 unspecified atom stereocenters. The number of H-pyrrole nitrogens is 1. The highest BCUT2D eigenvalue weighted by molar-refractivity contribution is 5.76. The lowest BCUT2D eigenvalue weighted by atomic mass is 10.0. The molecule has 3 N–H and O–H groups in total. The molecule has 0 spiro atoms. The van der Waals surface area contributed by atoms with Crippen LogP contribution in [-0.2, 0) is 6.42 Å². The van der Waals surface area contributed by atoms with Crippen LogP contribution in [0.15, 0.2) is 24.4 Å². The number of pyridine rings is 1. The van der Waals surface area contributed by atoms with Gasteiger partial charge in [0.1, 0.15) is 5.65 Å². The van der Waals surface area contributed by atoms with Gasteiger partial charge in [-0.2, -0.15) is 0 Å². The number of hydrogen-bond acceptors (Lipinski definition) is 2. The molecule has 2 rings (SSSR count). The highest BCUT2D eigenvalue weighted by Crippen LogP contribution is 2.14. The number of nitrogens with one attached hydrogen (secondary N) is 1. The third kappa shape index (κ3) is 2.18. The van der Waals surface area contributed by atoms with E-state index in [1.54, 1.807) is 6.20 Å². The van der Waals surface area contributed by atoms with E-state index < -0.39 is 0 Å². The summed E-state index contributed by atoms with van der Waals surface area (Å²) in [6.45, 7) is 4.29. The minimum atomic E-state index is 0.207. The summed E-state index contributed by atoms with van der Waals surface area (Å²) >= 11 is 0. The summed E-state index contributed by atoms with van der Waals surface area (Å²) in [6.07, 6.45) is 2.68. The highest BCUT2D eigenvalue weighted by Gasteiger charge is 2.10. The molecule has 80 valence electrons. The van der Waals surface area contributed by atoms with E-state index in [4.69, 9.17) is 5.73 Å². The van der Waals surface area contributed by atoms with Gasteiger partial charge in [0, 0.05) is 29.7 Å². The van der Waals surface area contributed by atoms with Crippen molar-refractivity contribution < 1.29 is 0 Å². The summed E-state index contributed by atoms with van der Waals surface area (Å²) in [5, 5.41) is 1.16. The summed E-state index contributed by atoms with van der Waals surface area (Å²) in [5.74, 6) is 0.504. The Bertz CT molecular complexity index is 412. The maximum Gasteiger partial charge on any atom is 0.137 e. The van der Waals surface area contributed by atoms with E-state index in [2.05, 4.69) is 35.9 Å². The Hall–Kier alpha value is -1.35. The smallest absolute Gasteiger partial charge is 0.137 e. The minimum absolute atomic E-state index is 0.207. The van der Waals surface area contributed by atoms with Gasteiger partial charge in [0.15, 0.2) is 0 Å². The molecule has 0 aromatic carbocycles. The molecule has 0 aliphatic heterocycles. The number of rotatable bonds is 3. The third-order valence-electron chi connectivity index (χ3n) is 2.76. The van der Waals surface area contributed by atoms with Crippen LogP contribution in [0.1, 0.15) is 19.5 Å². The lowest BCUT2D eigenvalue weighted by molar-refractivity contribution is 0.487. The second-order valence-electron chi connectivity index (χ2n) is 4.35. The van der Waals surface area contributed by atoms with Gasteiger partial charge in [-0.1, -0.05) is 13.8 Å². The van der Waals surface area contributed by atoms with Crippen LogP contribution >= 0.6 is 0 Å². The van der Waals surface area contributed by atoms with Gasteiger partial charge >= 0.3 is 0 Å². The molecule has 0 saturated heterocycles. The van der Waals surface area contributed by atoms with Crippen molar-refractivity contribution in [3.63, 3.8) is 0 Å². The first-order chi connectivity index (χ1) is 7.16. The van der Waals surface area contributed by atoms with Gasteiger partial charge in [-0.3, -0.25) is 0 Å². The van der Waals surface area contributed by atoms with Gasteiger partial charge in [-0.05, 0) is 24.1 Å². The second-order valence-corrected chi connectivity index (χ2v) is 4.35. The van der Waals surface area contributed by atoms with Crippen LogP contribution in [0.25, 0.3) is 11.0 Å². The van der Waals surface area contributed by atoms with E-state index in [1.807, 2.05) is 6.07 Å². The van der Waals surface area contributed by atoms with Crippen molar-refractivity contribution in [2.24, 2.45) is 11.7 Å². The first-order valence-electron chi connectivity index (χ1n) is 5.35. The molecule has 2 aromatic heterocycles. The van der Waals surface area contributed by atoms with Crippen molar-refractivity contribution in [1.82, 2.24) is 9.97 Å². The van der Waals surface area contributed by atoms with Gasteiger partial charge in [0.05, 0.1) is 0 Å². The van der Waals surface area contributed by atoms with Crippen LogP contribution < -0.4 is 5.73 Å². The molecule has 2 heterocycles. The Balaban J connectivity index is 2.22. The van der Waals surface area contributed by atoms with E-state index in [-0.39, 0.29) is 6.04 Å². The molecule has 1 atom stereocenters. The fourth-order valence-electron chi connectivity index (χ4n) is 1.61. The van der Waals surface area contributed by atoms with Crippen molar-refractivity contribution in [3.05, 3.63) is 30.1 Å². The zero-order chi connectivity index (χ0) is 10.8. The number of aromatic amines is 1. The van der Waals surface area contributed by atoms with E-state index in [0.29, 0.717) is 5.92 Å². The van der Waals surface area contributed by atoms with Crippen molar-refractivity contribution in [2.75, 3.05) is 0 Å². The molecule has 0 amide bonds. The first-order valence-corrected chi connectivity index (χ1v) is 5.35. The Morgan fingerprint density at radius 2 is 2.27 bits per heavy atom. The van der Waals surface area contributed by atoms with E-state index in [9.17, 15) is 0 Å². The topological polar surface area (TPSA) is 54.7 Å². The van der Waals surface area contributed by atoms with Crippen LogP contribution in [0.4, 0.5) is 0 Å². The van der Waals surface area contributed by atoms with Gasteiger partial charge in [-0.15, -0.1) is 0 Å². The summed E-state index contributed by atoms with van der Waals surface area (Å²) in [4.78, 5) is 7.55. The number of fused-ring (bicyclic) bond motifs is 1. The zero-order valence-electron chi connectivity index (χ0n) is 9.20. The highest BCUT2D eigenvalue weighted by atomic mass is 14.9. The third-order valence-corrected chi connectivity index (χ3v) is 2.76. The minimum Gasteiger partial charge on any atom is -0.343 e. The predicted molar refractivity (Wildman–Crippen MR) is 62.6 cm³/mol. The van der Waals surface area contributed by atoms with E-state index in [1.165, 1.54) is 5.69 Å². The molecular formula is C12H17N3. The average molecular weight is 203 g/mol. The number of hydrogen-bond donors (Lipinski definition) is 2. The molecule has 0 saturated carbocycles. The molecule has 15 heavy (non-hydrogen) atoms. The number of nitrogens with zero attached hydrogens (tertiary/aromatic N) is 1. The Kier molecular flexibility index (Phi) is 2.73. The molecule has 0 radical (unpaired) electrons. The second kappa shape index (κ2) is 4.03. The van der Waals surface area contributed by atoms with Crippen LogP contribution in [0.2, 0.25) is 0 Å². The quantitative estimate of drug-likeness (QED) is 0.802. The van der Waals surface area contributed by atoms with Gasteiger partial charge in [-0.25, -0.2) is 4.98 Å². The molecule has 3 nitrogen and oxygen atoms in total. The number of aromatic nitrogens is 2. The Labute approximate surface area is 89.7 Å². The average Bonchev–Trinajstić information content (AvgIpc) is 2.59. The predicted octanol–water partition coefficient (Wildman–Crippen LogP) is 2.09. The molecule has 0 aliphatic carbocycles. The van der Waals surface area contributed by atoms with Crippen LogP contribution in [0, 0.1) is 5.92 Å². The molecule has 0 fully saturated rings. The van der Waals surface area contributed by atoms with Gasteiger partial charge < -0.3 is 10.7 Å². The van der Waals surface area contributed by atoms with Crippen molar-refractivity contribution in [3.8, 4) is 0 Å². The standard InChI is InChI=1S/C12H17N3/c1-8(2)11(13)7-10-6-9-4-3-5-14-12(9)15-10/h3-6,8,11H,7,13H2,1-2H3,(H,14,15). The van der Waals surface area contributed by atoms with Crippen molar-refractivity contribution in [2.45, 2.75) is 26.3 Å². The molecule has 2 aromatic rings. The Morgan fingerprint density at radius 1 is 1.47 bits per heavy atom. The fourth-order valence-corrected chi connectivity index (χ4v) is 1.61. The molecule has 0 aliphatic rings. The van der Waals surface area contributed by atoms with E-state index >= 15 is 0 Å². The maximum atomic E-state index is 6.03. The monoisotopic (exact) mass is 203 g/mol. The molecule has 0 bridgehead atoms. The molecular weight excluding hydrogens is 186 g/mol. The van der Waals surface area contributed by atoms with Crippen molar-refractivity contribution >= 4 is 11.0 Å². The Morgan fingerprint density at radius 3 is 2.93 bits per heavy atom. The normalized spacial score (nSPS) is 13.6.